The lowest BCUT2D eigenvalue weighted by molar-refractivity contribution is -0.148. The zero-order valence-electron chi connectivity index (χ0n) is 11.8. The fourth-order valence-electron chi connectivity index (χ4n) is 3.69. The van der Waals surface area contributed by atoms with Crippen molar-refractivity contribution >= 4 is 5.78 Å². The van der Waals surface area contributed by atoms with Gasteiger partial charge in [0.05, 0.1) is 5.92 Å². The number of ketones is 1. The van der Waals surface area contributed by atoms with E-state index in [2.05, 4.69) is 0 Å². The second kappa shape index (κ2) is 5.93. The number of aliphatic hydroxyl groups is 4. The van der Waals surface area contributed by atoms with Crippen molar-refractivity contribution in [3.63, 3.8) is 0 Å². The molecule has 0 spiro atoms. The smallest absolute Gasteiger partial charge is 0.141 e. The highest BCUT2D eigenvalue weighted by Gasteiger charge is 2.51. The normalized spacial score (nSPS) is 41.0. The van der Waals surface area contributed by atoms with Crippen molar-refractivity contribution in [1.82, 2.24) is 0 Å². The van der Waals surface area contributed by atoms with E-state index in [4.69, 9.17) is 5.11 Å². The Morgan fingerprint density at radius 3 is 2.70 bits per heavy atom. The minimum absolute atomic E-state index is 0.000739. The molecule has 0 bridgehead atoms. The molecule has 114 valence electrons. The number of fused-ring (bicyclic) bond motifs is 1. The first kappa shape index (κ1) is 15.6. The summed E-state index contributed by atoms with van der Waals surface area (Å²) in [5.74, 6) is -0.796. The van der Waals surface area contributed by atoms with Gasteiger partial charge in [-0.3, -0.25) is 4.79 Å². The van der Waals surface area contributed by atoms with Crippen LogP contribution in [-0.2, 0) is 4.79 Å². The molecule has 0 radical (unpaired) electrons. The molecule has 0 unspecified atom stereocenters. The second-order valence-corrected chi connectivity index (χ2v) is 6.27. The fraction of sp³-hybridized carbons (Fsp3) is 0.800. The van der Waals surface area contributed by atoms with Crippen LogP contribution in [0.5, 0.6) is 0 Å². The van der Waals surface area contributed by atoms with Gasteiger partial charge in [0.2, 0.25) is 0 Å². The van der Waals surface area contributed by atoms with Crippen LogP contribution in [0.25, 0.3) is 0 Å². The molecular weight excluding hydrogens is 260 g/mol. The molecule has 1 saturated carbocycles. The lowest BCUT2D eigenvalue weighted by atomic mass is 9.61. The molecule has 5 atom stereocenters. The highest BCUT2D eigenvalue weighted by molar-refractivity contribution is 5.83. The Labute approximate surface area is 118 Å². The number of Topliss-reactive ketones (excluding diaryl/α,β-unsaturated/α-hetero) is 1. The summed E-state index contributed by atoms with van der Waals surface area (Å²) in [6, 6.07) is 0. The number of allylic oxidation sites excluding steroid dienone is 1. The summed E-state index contributed by atoms with van der Waals surface area (Å²) in [6.07, 6.45) is 2.77. The third kappa shape index (κ3) is 2.68. The molecule has 1 fully saturated rings. The van der Waals surface area contributed by atoms with Gasteiger partial charge in [-0.2, -0.15) is 0 Å². The predicted molar refractivity (Wildman–Crippen MR) is 72.8 cm³/mol. The lowest BCUT2D eigenvalue weighted by Gasteiger charge is -2.47. The van der Waals surface area contributed by atoms with E-state index in [0.717, 1.165) is 18.4 Å². The van der Waals surface area contributed by atoms with E-state index in [-0.39, 0.29) is 37.3 Å². The van der Waals surface area contributed by atoms with Crippen molar-refractivity contribution in [3.8, 4) is 0 Å². The third-order valence-corrected chi connectivity index (χ3v) is 4.85. The average Bonchev–Trinajstić information content (AvgIpc) is 2.39. The summed E-state index contributed by atoms with van der Waals surface area (Å²) in [5.41, 5.74) is -0.530. The van der Waals surface area contributed by atoms with Gasteiger partial charge in [-0.05, 0) is 38.0 Å². The van der Waals surface area contributed by atoms with Gasteiger partial charge in [-0.25, -0.2) is 0 Å². The molecule has 5 heteroatoms. The molecule has 0 aliphatic heterocycles. The van der Waals surface area contributed by atoms with E-state index in [1.807, 2.05) is 0 Å². The highest BCUT2D eigenvalue weighted by atomic mass is 16.3. The van der Waals surface area contributed by atoms with Crippen LogP contribution in [0.1, 0.15) is 32.6 Å². The van der Waals surface area contributed by atoms with Crippen molar-refractivity contribution in [2.75, 3.05) is 13.2 Å². The van der Waals surface area contributed by atoms with Crippen LogP contribution in [0, 0.1) is 17.8 Å². The van der Waals surface area contributed by atoms with Gasteiger partial charge in [-0.1, -0.05) is 11.6 Å². The molecular formula is C15H24O5. The minimum Gasteiger partial charge on any atom is -0.396 e. The summed E-state index contributed by atoms with van der Waals surface area (Å²) in [4.78, 5) is 12.3. The van der Waals surface area contributed by atoms with Crippen LogP contribution in [-0.4, -0.2) is 51.1 Å². The monoisotopic (exact) mass is 284 g/mol. The first-order valence-electron chi connectivity index (χ1n) is 7.27. The van der Waals surface area contributed by atoms with Gasteiger partial charge in [0.1, 0.15) is 17.5 Å². The maximum atomic E-state index is 12.3. The maximum absolute atomic E-state index is 12.3. The number of carbonyl (C=O) groups is 1. The number of rotatable bonds is 4. The molecule has 0 amide bonds. The Morgan fingerprint density at radius 1 is 1.40 bits per heavy atom. The van der Waals surface area contributed by atoms with Crippen LogP contribution in [0.4, 0.5) is 0 Å². The molecule has 2 aliphatic carbocycles. The average molecular weight is 284 g/mol. The van der Waals surface area contributed by atoms with Crippen LogP contribution in [0.15, 0.2) is 11.6 Å². The van der Waals surface area contributed by atoms with Crippen molar-refractivity contribution in [2.45, 2.75) is 44.3 Å². The largest absolute Gasteiger partial charge is 0.396 e. The molecule has 0 aromatic rings. The van der Waals surface area contributed by atoms with E-state index < -0.39 is 17.6 Å². The summed E-state index contributed by atoms with van der Waals surface area (Å²) in [7, 11) is 0. The van der Waals surface area contributed by atoms with Crippen LogP contribution < -0.4 is 0 Å². The van der Waals surface area contributed by atoms with Gasteiger partial charge in [-0.15, -0.1) is 0 Å². The topological polar surface area (TPSA) is 98.0 Å². The van der Waals surface area contributed by atoms with Gasteiger partial charge in [0, 0.05) is 19.6 Å². The highest BCUT2D eigenvalue weighted by Crippen LogP contribution is 2.46. The Morgan fingerprint density at radius 2 is 2.10 bits per heavy atom. The molecule has 0 heterocycles. The van der Waals surface area contributed by atoms with Crippen LogP contribution >= 0.6 is 0 Å². The van der Waals surface area contributed by atoms with Crippen molar-refractivity contribution in [1.29, 1.82) is 0 Å². The maximum Gasteiger partial charge on any atom is 0.141 e. The Hall–Kier alpha value is -0.750. The number of hydrogen-bond donors (Lipinski definition) is 4. The zero-order chi connectivity index (χ0) is 14.9. The third-order valence-electron chi connectivity index (χ3n) is 4.85. The zero-order valence-corrected chi connectivity index (χ0v) is 11.8. The quantitative estimate of drug-likeness (QED) is 0.545. The molecule has 2 aliphatic rings. The van der Waals surface area contributed by atoms with Crippen molar-refractivity contribution in [3.05, 3.63) is 11.6 Å². The van der Waals surface area contributed by atoms with Gasteiger partial charge >= 0.3 is 0 Å². The first-order valence-corrected chi connectivity index (χ1v) is 7.27. The van der Waals surface area contributed by atoms with Gasteiger partial charge in [0.25, 0.3) is 0 Å². The fourth-order valence-corrected chi connectivity index (χ4v) is 3.69. The van der Waals surface area contributed by atoms with Crippen molar-refractivity contribution < 1.29 is 25.2 Å². The minimum atomic E-state index is -1.49. The lowest BCUT2D eigenvalue weighted by Crippen LogP contribution is -2.55. The molecule has 5 nitrogen and oxygen atoms in total. The predicted octanol–water partition coefficient (Wildman–Crippen LogP) is 0.0146. The molecule has 0 aromatic heterocycles. The Bertz CT molecular complexity index is 401. The molecule has 0 saturated heterocycles. The SMILES string of the molecule is C[C@@]1(O)[C@H](O)C=C2C[C@@H](CO)CC[C@@H]2[C@H]1C(=O)CCO. The van der Waals surface area contributed by atoms with E-state index in [1.165, 1.54) is 6.92 Å². The standard InChI is InChI=1S/C15H24O5/c1-15(20)13(19)7-10-6-9(8-17)2-3-11(10)14(15)12(18)4-5-16/h7,9,11,13-14,16-17,19-20H,2-6,8H2,1H3/t9-,11-,13+,14-,15+/m0/s1. The first-order chi connectivity index (χ1) is 9.41. The molecule has 4 N–H and O–H groups in total. The Balaban J connectivity index is 2.30. The van der Waals surface area contributed by atoms with E-state index in [1.54, 1.807) is 6.08 Å². The second-order valence-electron chi connectivity index (χ2n) is 6.27. The van der Waals surface area contributed by atoms with Crippen LogP contribution in [0.3, 0.4) is 0 Å². The Kier molecular flexibility index (Phi) is 4.64. The van der Waals surface area contributed by atoms with Gasteiger partial charge in [0.15, 0.2) is 0 Å². The number of hydrogen-bond acceptors (Lipinski definition) is 5. The van der Waals surface area contributed by atoms with Gasteiger partial charge < -0.3 is 20.4 Å². The number of aliphatic hydroxyl groups excluding tert-OH is 3. The summed E-state index contributed by atoms with van der Waals surface area (Å²) in [5, 5.41) is 38.9. The molecule has 0 aromatic carbocycles. The summed E-state index contributed by atoms with van der Waals surface area (Å²) in [6.45, 7) is 1.35. The van der Waals surface area contributed by atoms with E-state index in [0.29, 0.717) is 6.42 Å². The number of carbonyl (C=O) groups excluding carboxylic acids is 1. The van der Waals surface area contributed by atoms with Crippen LogP contribution in [0.2, 0.25) is 0 Å². The summed E-state index contributed by atoms with van der Waals surface area (Å²) >= 11 is 0. The molecule has 20 heavy (non-hydrogen) atoms. The van der Waals surface area contributed by atoms with E-state index in [9.17, 15) is 20.1 Å². The molecule has 2 rings (SSSR count). The van der Waals surface area contributed by atoms with Crippen molar-refractivity contribution in [2.24, 2.45) is 17.8 Å². The summed E-state index contributed by atoms with van der Waals surface area (Å²) < 4.78 is 0. The van der Waals surface area contributed by atoms with E-state index >= 15 is 0 Å².